The molecule has 0 aromatic heterocycles. The maximum Gasteiger partial charge on any atom is 0.251 e. The van der Waals surface area contributed by atoms with Gasteiger partial charge in [-0.3, -0.25) is 9.59 Å². The summed E-state index contributed by atoms with van der Waals surface area (Å²) in [7, 11) is 0. The highest BCUT2D eigenvalue weighted by molar-refractivity contribution is 5.81. The van der Waals surface area contributed by atoms with Crippen molar-refractivity contribution in [2.24, 2.45) is 0 Å². The molecular formula is C8H14N2O3. The Morgan fingerprint density at radius 3 is 2.46 bits per heavy atom. The molecule has 0 aromatic carbocycles. The molecule has 1 heterocycles. The lowest BCUT2D eigenvalue weighted by atomic mass is 10.1. The molecule has 1 aliphatic heterocycles. The average Bonchev–Trinajstić information content (AvgIpc) is 1.94. The van der Waals surface area contributed by atoms with Crippen molar-refractivity contribution in [3.8, 4) is 0 Å². The zero-order chi connectivity index (χ0) is 10.0. The molecule has 0 saturated carbocycles. The summed E-state index contributed by atoms with van der Waals surface area (Å²) in [5.74, 6) is -0.365. The van der Waals surface area contributed by atoms with E-state index in [0.29, 0.717) is 13.1 Å². The summed E-state index contributed by atoms with van der Waals surface area (Å²) in [5, 5.41) is 11.6. The van der Waals surface area contributed by atoms with Gasteiger partial charge in [-0.15, -0.1) is 0 Å². The molecule has 1 rings (SSSR count). The van der Waals surface area contributed by atoms with E-state index in [2.05, 4.69) is 5.32 Å². The highest BCUT2D eigenvalue weighted by Crippen LogP contribution is 2.09. The largest absolute Gasteiger partial charge is 0.384 e. The van der Waals surface area contributed by atoms with Gasteiger partial charge in [-0.05, 0) is 6.92 Å². The van der Waals surface area contributed by atoms with E-state index in [9.17, 15) is 9.59 Å². The van der Waals surface area contributed by atoms with Gasteiger partial charge in [0.25, 0.3) is 5.91 Å². The normalized spacial score (nSPS) is 19.2. The van der Waals surface area contributed by atoms with Crippen molar-refractivity contribution in [1.29, 1.82) is 0 Å². The Bertz CT molecular complexity index is 221. The van der Waals surface area contributed by atoms with Crippen LogP contribution in [0.25, 0.3) is 0 Å². The second kappa shape index (κ2) is 3.74. The fraction of sp³-hybridized carbons (Fsp3) is 0.750. The number of rotatable bonds is 2. The molecule has 74 valence electrons. The van der Waals surface area contributed by atoms with E-state index in [-0.39, 0.29) is 17.9 Å². The summed E-state index contributed by atoms with van der Waals surface area (Å²) >= 11 is 0. The maximum absolute atomic E-state index is 11.1. The second-order valence-corrected chi connectivity index (χ2v) is 3.32. The number of likely N-dealkylation sites (tertiary alicyclic amines) is 1. The van der Waals surface area contributed by atoms with Crippen LogP contribution in [0.15, 0.2) is 0 Å². The van der Waals surface area contributed by atoms with Crippen molar-refractivity contribution in [3.63, 3.8) is 0 Å². The summed E-state index contributed by atoms with van der Waals surface area (Å²) in [6.45, 7) is 3.89. The molecule has 1 atom stereocenters. The molecule has 1 saturated heterocycles. The average molecular weight is 186 g/mol. The van der Waals surface area contributed by atoms with Crippen molar-refractivity contribution in [2.45, 2.75) is 26.0 Å². The number of aliphatic hydroxyl groups excluding tert-OH is 1. The monoisotopic (exact) mass is 186 g/mol. The van der Waals surface area contributed by atoms with Gasteiger partial charge in [-0.2, -0.15) is 0 Å². The first-order chi connectivity index (χ1) is 6.00. The molecule has 0 aromatic rings. The molecule has 1 aliphatic rings. The maximum atomic E-state index is 11.1. The fourth-order valence-electron chi connectivity index (χ4n) is 1.30. The van der Waals surface area contributed by atoms with E-state index in [4.69, 9.17) is 5.11 Å². The van der Waals surface area contributed by atoms with Crippen LogP contribution >= 0.6 is 0 Å². The van der Waals surface area contributed by atoms with Crippen LogP contribution in [-0.4, -0.2) is 47.1 Å². The number of aliphatic hydroxyl groups is 1. The summed E-state index contributed by atoms with van der Waals surface area (Å²) < 4.78 is 0. The van der Waals surface area contributed by atoms with Crippen LogP contribution in [0.5, 0.6) is 0 Å². The van der Waals surface area contributed by atoms with Crippen LogP contribution < -0.4 is 5.32 Å². The third-order valence-corrected chi connectivity index (χ3v) is 1.96. The molecule has 2 N–H and O–H groups in total. The van der Waals surface area contributed by atoms with E-state index < -0.39 is 6.10 Å². The van der Waals surface area contributed by atoms with E-state index in [1.165, 1.54) is 18.7 Å². The lowest BCUT2D eigenvalue weighted by molar-refractivity contribution is -0.145. The Morgan fingerprint density at radius 1 is 1.54 bits per heavy atom. The van der Waals surface area contributed by atoms with Crippen LogP contribution in [0, 0.1) is 0 Å². The van der Waals surface area contributed by atoms with Crippen LogP contribution in [-0.2, 0) is 9.59 Å². The Morgan fingerprint density at radius 2 is 2.08 bits per heavy atom. The number of nitrogens with zero attached hydrogens (tertiary/aromatic N) is 1. The Kier molecular flexibility index (Phi) is 2.87. The SMILES string of the molecule is CC(=O)NC1CN(C(=O)[C@H](C)O)C1. The number of carbonyl (C=O) groups excluding carboxylic acids is 2. The Labute approximate surface area is 76.7 Å². The van der Waals surface area contributed by atoms with Gasteiger partial charge < -0.3 is 15.3 Å². The third kappa shape index (κ3) is 2.42. The standard InChI is InChI=1S/C8H14N2O3/c1-5(11)8(13)10-3-7(4-10)9-6(2)12/h5,7,11H,3-4H2,1-2H3,(H,9,12)/t5-/m0/s1. The topological polar surface area (TPSA) is 69.6 Å². The molecule has 1 fully saturated rings. The van der Waals surface area contributed by atoms with Crippen LogP contribution in [0.1, 0.15) is 13.8 Å². The minimum atomic E-state index is -0.946. The van der Waals surface area contributed by atoms with Gasteiger partial charge in [0.05, 0.1) is 6.04 Å². The second-order valence-electron chi connectivity index (χ2n) is 3.32. The number of hydrogen-bond donors (Lipinski definition) is 2. The predicted octanol–water partition coefficient (Wildman–Crippen LogP) is -1.29. The lowest BCUT2D eigenvalue weighted by Crippen LogP contribution is -2.62. The predicted molar refractivity (Wildman–Crippen MR) is 45.9 cm³/mol. The van der Waals surface area contributed by atoms with Crippen molar-refractivity contribution < 1.29 is 14.7 Å². The van der Waals surface area contributed by atoms with Crippen molar-refractivity contribution in [3.05, 3.63) is 0 Å². The minimum absolute atomic E-state index is 0.0557. The number of nitrogens with one attached hydrogen (secondary N) is 1. The molecule has 13 heavy (non-hydrogen) atoms. The molecule has 0 radical (unpaired) electrons. The molecule has 0 aliphatic carbocycles. The van der Waals surface area contributed by atoms with E-state index in [1.54, 1.807) is 0 Å². The first-order valence-corrected chi connectivity index (χ1v) is 4.24. The number of hydrogen-bond acceptors (Lipinski definition) is 3. The molecule has 5 heteroatoms. The van der Waals surface area contributed by atoms with Gasteiger partial charge in [0.2, 0.25) is 5.91 Å². The van der Waals surface area contributed by atoms with Crippen molar-refractivity contribution in [2.75, 3.05) is 13.1 Å². The smallest absolute Gasteiger partial charge is 0.251 e. The first kappa shape index (κ1) is 9.98. The van der Waals surface area contributed by atoms with Gasteiger partial charge >= 0.3 is 0 Å². The number of amides is 2. The summed E-state index contributed by atoms with van der Waals surface area (Å²) in [5.41, 5.74) is 0. The van der Waals surface area contributed by atoms with Gasteiger partial charge in [-0.25, -0.2) is 0 Å². The molecular weight excluding hydrogens is 172 g/mol. The summed E-state index contributed by atoms with van der Waals surface area (Å²) in [6.07, 6.45) is -0.946. The fourth-order valence-corrected chi connectivity index (χ4v) is 1.30. The van der Waals surface area contributed by atoms with Crippen LogP contribution in [0.4, 0.5) is 0 Å². The van der Waals surface area contributed by atoms with E-state index in [1.807, 2.05) is 0 Å². The van der Waals surface area contributed by atoms with Crippen LogP contribution in [0.3, 0.4) is 0 Å². The summed E-state index contributed by atoms with van der Waals surface area (Å²) in [6, 6.07) is 0.0557. The quantitative estimate of drug-likeness (QED) is 0.564. The zero-order valence-electron chi connectivity index (χ0n) is 7.78. The van der Waals surface area contributed by atoms with Crippen molar-refractivity contribution >= 4 is 11.8 Å². The molecule has 5 nitrogen and oxygen atoms in total. The molecule has 0 bridgehead atoms. The van der Waals surface area contributed by atoms with E-state index in [0.717, 1.165) is 0 Å². The Balaban J connectivity index is 2.25. The Hall–Kier alpha value is -1.10. The van der Waals surface area contributed by atoms with Crippen LogP contribution in [0.2, 0.25) is 0 Å². The molecule has 0 unspecified atom stereocenters. The first-order valence-electron chi connectivity index (χ1n) is 4.24. The highest BCUT2D eigenvalue weighted by Gasteiger charge is 2.32. The van der Waals surface area contributed by atoms with Gasteiger partial charge in [0.1, 0.15) is 6.10 Å². The third-order valence-electron chi connectivity index (χ3n) is 1.96. The minimum Gasteiger partial charge on any atom is -0.384 e. The van der Waals surface area contributed by atoms with Gasteiger partial charge in [0.15, 0.2) is 0 Å². The van der Waals surface area contributed by atoms with Gasteiger partial charge in [0, 0.05) is 20.0 Å². The van der Waals surface area contributed by atoms with E-state index >= 15 is 0 Å². The highest BCUT2D eigenvalue weighted by atomic mass is 16.3. The molecule has 2 amide bonds. The van der Waals surface area contributed by atoms with Gasteiger partial charge in [-0.1, -0.05) is 0 Å². The summed E-state index contributed by atoms with van der Waals surface area (Å²) in [4.78, 5) is 23.2. The lowest BCUT2D eigenvalue weighted by Gasteiger charge is -2.39. The van der Waals surface area contributed by atoms with Crippen molar-refractivity contribution in [1.82, 2.24) is 10.2 Å². The number of carbonyl (C=O) groups is 2. The molecule has 0 spiro atoms. The zero-order valence-corrected chi connectivity index (χ0v) is 7.78.